The van der Waals surface area contributed by atoms with Gasteiger partial charge >= 0.3 is 0 Å². The summed E-state index contributed by atoms with van der Waals surface area (Å²) in [6.45, 7) is 6.10. The molecule has 0 aliphatic carbocycles. The molecule has 0 saturated carbocycles. The first-order valence-electron chi connectivity index (χ1n) is 8.32. The van der Waals surface area contributed by atoms with Crippen molar-refractivity contribution in [1.29, 1.82) is 0 Å². The van der Waals surface area contributed by atoms with Crippen LogP contribution in [0.5, 0.6) is 5.75 Å². The van der Waals surface area contributed by atoms with Gasteiger partial charge in [0.1, 0.15) is 11.9 Å². The molecule has 2 aromatic rings. The standard InChI is InChI=1S/C20H25NO3/c1-4-16-13-18(24-15(3)17-8-6-5-7-9-17)10-11-19(16)14(2)12-20(22)21-23/h5-11,13-15,23H,4,12H2,1-3H3,(H,21,22). The Hall–Kier alpha value is -2.33. The van der Waals surface area contributed by atoms with Crippen LogP contribution in [0.3, 0.4) is 0 Å². The monoisotopic (exact) mass is 327 g/mol. The topological polar surface area (TPSA) is 58.6 Å². The van der Waals surface area contributed by atoms with Crippen LogP contribution in [0.15, 0.2) is 48.5 Å². The second kappa shape index (κ2) is 8.50. The minimum atomic E-state index is -0.373. The molecule has 0 saturated heterocycles. The summed E-state index contributed by atoms with van der Waals surface area (Å²) in [5.74, 6) is 0.487. The summed E-state index contributed by atoms with van der Waals surface area (Å²) >= 11 is 0. The van der Waals surface area contributed by atoms with Gasteiger partial charge in [0, 0.05) is 6.42 Å². The van der Waals surface area contributed by atoms with E-state index < -0.39 is 0 Å². The van der Waals surface area contributed by atoms with Crippen LogP contribution >= 0.6 is 0 Å². The summed E-state index contributed by atoms with van der Waals surface area (Å²) in [4.78, 5) is 11.4. The van der Waals surface area contributed by atoms with E-state index in [0.717, 1.165) is 28.9 Å². The highest BCUT2D eigenvalue weighted by Gasteiger charge is 2.15. The molecule has 0 heterocycles. The van der Waals surface area contributed by atoms with Crippen LogP contribution < -0.4 is 10.2 Å². The first kappa shape index (κ1) is 18.0. The number of hydrogen-bond donors (Lipinski definition) is 2. The Kier molecular flexibility index (Phi) is 6.38. The predicted octanol–water partition coefficient (Wildman–Crippen LogP) is 4.39. The van der Waals surface area contributed by atoms with Crippen LogP contribution in [-0.2, 0) is 11.2 Å². The lowest BCUT2D eigenvalue weighted by atomic mass is 9.91. The lowest BCUT2D eigenvalue weighted by Crippen LogP contribution is -2.20. The molecule has 2 atom stereocenters. The van der Waals surface area contributed by atoms with Gasteiger partial charge in [-0.05, 0) is 48.1 Å². The van der Waals surface area contributed by atoms with Crippen molar-refractivity contribution < 1.29 is 14.7 Å². The van der Waals surface area contributed by atoms with Crippen LogP contribution in [0.4, 0.5) is 0 Å². The Bertz CT molecular complexity index is 670. The zero-order valence-corrected chi connectivity index (χ0v) is 14.5. The van der Waals surface area contributed by atoms with Crippen molar-refractivity contribution >= 4 is 5.91 Å². The van der Waals surface area contributed by atoms with Gasteiger partial charge in [-0.15, -0.1) is 0 Å². The molecule has 24 heavy (non-hydrogen) atoms. The highest BCUT2D eigenvalue weighted by molar-refractivity contribution is 5.75. The molecule has 2 unspecified atom stereocenters. The quantitative estimate of drug-likeness (QED) is 0.586. The maximum atomic E-state index is 11.4. The van der Waals surface area contributed by atoms with Gasteiger partial charge in [0.05, 0.1) is 0 Å². The fraction of sp³-hybridized carbons (Fsp3) is 0.350. The Morgan fingerprint density at radius 2 is 1.88 bits per heavy atom. The number of hydrogen-bond acceptors (Lipinski definition) is 3. The van der Waals surface area contributed by atoms with E-state index in [0.29, 0.717) is 0 Å². The first-order chi connectivity index (χ1) is 11.5. The molecule has 1 amide bonds. The summed E-state index contributed by atoms with van der Waals surface area (Å²) in [5.41, 5.74) is 5.10. The number of carbonyl (C=O) groups is 1. The molecule has 2 rings (SSSR count). The van der Waals surface area contributed by atoms with Crippen molar-refractivity contribution in [1.82, 2.24) is 5.48 Å². The van der Waals surface area contributed by atoms with E-state index in [1.54, 1.807) is 5.48 Å². The van der Waals surface area contributed by atoms with Gasteiger partial charge in [0.15, 0.2) is 0 Å². The molecule has 0 fully saturated rings. The van der Waals surface area contributed by atoms with Gasteiger partial charge in [0.2, 0.25) is 5.91 Å². The number of hydroxylamine groups is 1. The highest BCUT2D eigenvalue weighted by Crippen LogP contribution is 2.29. The van der Waals surface area contributed by atoms with E-state index in [1.807, 2.05) is 50.2 Å². The van der Waals surface area contributed by atoms with Gasteiger partial charge in [0.25, 0.3) is 0 Å². The van der Waals surface area contributed by atoms with E-state index in [1.165, 1.54) is 0 Å². The molecule has 4 heteroatoms. The molecule has 0 aliphatic rings. The van der Waals surface area contributed by atoms with Crippen LogP contribution in [-0.4, -0.2) is 11.1 Å². The molecular weight excluding hydrogens is 302 g/mol. The molecule has 0 bridgehead atoms. The maximum absolute atomic E-state index is 11.4. The smallest absolute Gasteiger partial charge is 0.243 e. The van der Waals surface area contributed by atoms with Crippen LogP contribution in [0.1, 0.15) is 55.9 Å². The molecule has 0 radical (unpaired) electrons. The molecule has 4 nitrogen and oxygen atoms in total. The van der Waals surface area contributed by atoms with E-state index >= 15 is 0 Å². The average Bonchev–Trinajstić information content (AvgIpc) is 2.61. The SMILES string of the molecule is CCc1cc(OC(C)c2ccccc2)ccc1C(C)CC(=O)NO. The van der Waals surface area contributed by atoms with E-state index in [-0.39, 0.29) is 24.3 Å². The maximum Gasteiger partial charge on any atom is 0.243 e. The van der Waals surface area contributed by atoms with Crippen molar-refractivity contribution in [3.05, 3.63) is 65.2 Å². The summed E-state index contributed by atoms with van der Waals surface area (Å²) in [6.07, 6.45) is 1.08. The van der Waals surface area contributed by atoms with Gasteiger partial charge in [-0.2, -0.15) is 0 Å². The summed E-state index contributed by atoms with van der Waals surface area (Å²) in [7, 11) is 0. The van der Waals surface area contributed by atoms with Gasteiger partial charge in [-0.25, -0.2) is 5.48 Å². The van der Waals surface area contributed by atoms with Crippen molar-refractivity contribution in [2.24, 2.45) is 0 Å². The normalized spacial score (nSPS) is 13.2. The highest BCUT2D eigenvalue weighted by atomic mass is 16.5. The Balaban J connectivity index is 2.15. The van der Waals surface area contributed by atoms with Crippen LogP contribution in [0, 0.1) is 0 Å². The predicted molar refractivity (Wildman–Crippen MR) is 94.3 cm³/mol. The fourth-order valence-corrected chi connectivity index (χ4v) is 2.87. The number of nitrogens with one attached hydrogen (secondary N) is 1. The summed E-state index contributed by atoms with van der Waals surface area (Å²) < 4.78 is 6.06. The van der Waals surface area contributed by atoms with E-state index in [4.69, 9.17) is 9.94 Å². The molecule has 0 spiro atoms. The fourth-order valence-electron chi connectivity index (χ4n) is 2.87. The summed E-state index contributed by atoms with van der Waals surface area (Å²) in [5, 5.41) is 8.69. The largest absolute Gasteiger partial charge is 0.486 e. The lowest BCUT2D eigenvalue weighted by Gasteiger charge is -2.19. The Morgan fingerprint density at radius 3 is 2.50 bits per heavy atom. The summed E-state index contributed by atoms with van der Waals surface area (Å²) in [6, 6.07) is 16.1. The zero-order valence-electron chi connectivity index (χ0n) is 14.5. The third-order valence-corrected chi connectivity index (χ3v) is 4.22. The van der Waals surface area contributed by atoms with Gasteiger partial charge in [-0.3, -0.25) is 10.0 Å². The minimum absolute atomic E-state index is 0.0284. The third kappa shape index (κ3) is 4.59. The number of ether oxygens (including phenoxy) is 1. The van der Waals surface area contributed by atoms with Crippen molar-refractivity contribution in [3.8, 4) is 5.75 Å². The average molecular weight is 327 g/mol. The molecule has 2 N–H and O–H groups in total. The van der Waals surface area contributed by atoms with Crippen molar-refractivity contribution in [3.63, 3.8) is 0 Å². The minimum Gasteiger partial charge on any atom is -0.486 e. The Labute approximate surface area is 143 Å². The third-order valence-electron chi connectivity index (χ3n) is 4.22. The van der Waals surface area contributed by atoms with Crippen molar-refractivity contribution in [2.45, 2.75) is 45.6 Å². The number of benzene rings is 2. The zero-order chi connectivity index (χ0) is 17.5. The molecule has 0 aliphatic heterocycles. The Morgan fingerprint density at radius 1 is 1.17 bits per heavy atom. The van der Waals surface area contributed by atoms with Crippen LogP contribution in [0.25, 0.3) is 0 Å². The van der Waals surface area contributed by atoms with Crippen molar-refractivity contribution in [2.75, 3.05) is 0 Å². The first-order valence-corrected chi connectivity index (χ1v) is 8.32. The second-order valence-electron chi connectivity index (χ2n) is 6.03. The lowest BCUT2D eigenvalue weighted by molar-refractivity contribution is -0.129. The van der Waals surface area contributed by atoms with E-state index in [9.17, 15) is 4.79 Å². The number of amides is 1. The van der Waals surface area contributed by atoms with Gasteiger partial charge in [-0.1, -0.05) is 50.2 Å². The molecule has 128 valence electrons. The molecular formula is C20H25NO3. The van der Waals surface area contributed by atoms with Crippen LogP contribution in [0.2, 0.25) is 0 Å². The molecule has 2 aromatic carbocycles. The number of carbonyl (C=O) groups excluding carboxylic acids is 1. The number of aryl methyl sites for hydroxylation is 1. The van der Waals surface area contributed by atoms with Gasteiger partial charge < -0.3 is 4.74 Å². The molecule has 0 aromatic heterocycles. The van der Waals surface area contributed by atoms with E-state index in [2.05, 4.69) is 19.1 Å². The number of rotatable bonds is 7. The second-order valence-corrected chi connectivity index (χ2v) is 6.03.